The Hall–Kier alpha value is -2.02. The number of hydrogen-bond acceptors (Lipinski definition) is 6. The van der Waals surface area contributed by atoms with Crippen LogP contribution in [0.3, 0.4) is 0 Å². The molecule has 31 heavy (non-hydrogen) atoms. The van der Waals surface area contributed by atoms with Crippen molar-refractivity contribution < 1.29 is 14.1 Å². The van der Waals surface area contributed by atoms with E-state index in [4.69, 9.17) is 10.5 Å². The van der Waals surface area contributed by atoms with Crippen molar-refractivity contribution in [1.82, 2.24) is 9.97 Å². The fourth-order valence-corrected chi connectivity index (χ4v) is 8.63. The molecular weight excluding hydrogens is 408 g/mol. The maximum Gasteiger partial charge on any atom is 0.312 e. The summed E-state index contributed by atoms with van der Waals surface area (Å²) in [6.07, 6.45) is 10.00. The van der Waals surface area contributed by atoms with Gasteiger partial charge < -0.3 is 10.5 Å². The molecule has 2 aromatic rings. The van der Waals surface area contributed by atoms with E-state index in [-0.39, 0.29) is 11.4 Å². The molecule has 5 atom stereocenters. The molecule has 0 saturated heterocycles. The Morgan fingerprint density at radius 1 is 1.29 bits per heavy atom. The first-order chi connectivity index (χ1) is 14.9. The monoisotopic (exact) mass is 439 g/mol. The molecule has 1 spiro atoms. The molecule has 4 fully saturated rings. The minimum absolute atomic E-state index is 0.0956. The van der Waals surface area contributed by atoms with Crippen LogP contribution in [-0.2, 0) is 22.5 Å². The van der Waals surface area contributed by atoms with Crippen molar-refractivity contribution in [3.8, 4) is 0 Å². The number of thiazole rings is 1. The second-order valence-corrected chi connectivity index (χ2v) is 11.5. The second-order valence-electron chi connectivity index (χ2n) is 10.6. The van der Waals surface area contributed by atoms with E-state index in [0.717, 1.165) is 49.0 Å². The number of fused-ring (bicyclic) bond motifs is 2. The van der Waals surface area contributed by atoms with Gasteiger partial charge in [-0.3, -0.25) is 4.79 Å². The molecule has 4 aliphatic carbocycles. The third-order valence-electron chi connectivity index (χ3n) is 8.98. The molecule has 0 aromatic carbocycles. The van der Waals surface area contributed by atoms with Gasteiger partial charge in [-0.1, -0.05) is 11.3 Å². The predicted octanol–water partition coefficient (Wildman–Crippen LogP) is 3.38. The van der Waals surface area contributed by atoms with Crippen LogP contribution in [0.5, 0.6) is 0 Å². The second kappa shape index (κ2) is 6.74. The Morgan fingerprint density at radius 3 is 3.00 bits per heavy atom. The van der Waals surface area contributed by atoms with E-state index in [1.165, 1.54) is 29.8 Å². The van der Waals surface area contributed by atoms with Crippen LogP contribution in [0.2, 0.25) is 0 Å². The van der Waals surface area contributed by atoms with Crippen LogP contribution >= 0.6 is 11.3 Å². The van der Waals surface area contributed by atoms with Crippen molar-refractivity contribution in [3.63, 3.8) is 0 Å². The smallest absolute Gasteiger partial charge is 0.312 e. The molecule has 2 N–H and O–H groups in total. The van der Waals surface area contributed by atoms with E-state index in [2.05, 4.69) is 27.0 Å². The number of aryl methyl sites for hydroxylation is 1. The van der Waals surface area contributed by atoms with E-state index in [1.807, 2.05) is 6.92 Å². The first kappa shape index (κ1) is 19.6. The molecule has 6 nitrogen and oxygen atoms in total. The summed E-state index contributed by atoms with van der Waals surface area (Å²) >= 11 is 1.71. The Morgan fingerprint density at radius 2 is 2.16 bits per heavy atom. The van der Waals surface area contributed by atoms with Crippen molar-refractivity contribution >= 4 is 23.1 Å². The van der Waals surface area contributed by atoms with Crippen LogP contribution in [0.1, 0.15) is 60.5 Å². The number of carbonyl (C=O) groups is 1. The molecule has 4 aliphatic rings. The van der Waals surface area contributed by atoms with Gasteiger partial charge in [0.25, 0.3) is 0 Å². The molecule has 6 rings (SSSR count). The number of esters is 1. The summed E-state index contributed by atoms with van der Waals surface area (Å²) in [6, 6.07) is 0. The standard InChI is InChI=1S/C24H31N4O2S/c1-14-20(31-13-28(14)11-17-10-26-15(2)27-21(17)25)3-4-30-22(29)23-7-16-5-18-6-19(9-23)24(18,8-16)12-23/h10,13,16,18-19H,3-9,11-12H2,1-2H3,(H2,25,26,27)/q+1. The highest BCUT2D eigenvalue weighted by Crippen LogP contribution is 2.78. The molecule has 4 saturated carbocycles. The minimum Gasteiger partial charge on any atom is -0.465 e. The van der Waals surface area contributed by atoms with E-state index in [9.17, 15) is 4.79 Å². The molecule has 2 heterocycles. The lowest BCUT2D eigenvalue weighted by atomic mass is 9.55. The van der Waals surface area contributed by atoms with E-state index in [1.54, 1.807) is 17.5 Å². The van der Waals surface area contributed by atoms with Gasteiger partial charge in [0.15, 0.2) is 12.2 Å². The van der Waals surface area contributed by atoms with Gasteiger partial charge in [0.2, 0.25) is 5.51 Å². The average molecular weight is 440 g/mol. The van der Waals surface area contributed by atoms with Gasteiger partial charge in [-0.05, 0) is 68.6 Å². The number of aromatic nitrogens is 3. The third kappa shape index (κ3) is 2.88. The first-order valence-electron chi connectivity index (χ1n) is 11.6. The van der Waals surface area contributed by atoms with Crippen molar-refractivity contribution in [2.45, 2.75) is 65.3 Å². The highest BCUT2D eigenvalue weighted by molar-refractivity contribution is 7.09. The summed E-state index contributed by atoms with van der Waals surface area (Å²) in [5.41, 5.74) is 10.6. The summed E-state index contributed by atoms with van der Waals surface area (Å²) in [5.74, 6) is 3.81. The van der Waals surface area contributed by atoms with Gasteiger partial charge >= 0.3 is 5.97 Å². The molecule has 0 aliphatic heterocycles. The topological polar surface area (TPSA) is 82.0 Å². The van der Waals surface area contributed by atoms with Crippen LogP contribution in [0, 0.1) is 42.4 Å². The van der Waals surface area contributed by atoms with Gasteiger partial charge in [-0.15, -0.1) is 0 Å². The van der Waals surface area contributed by atoms with Crippen LogP contribution in [0.4, 0.5) is 5.82 Å². The Kier molecular flexibility index (Phi) is 4.27. The highest BCUT2D eigenvalue weighted by atomic mass is 32.1. The van der Waals surface area contributed by atoms with E-state index < -0.39 is 0 Å². The lowest BCUT2D eigenvalue weighted by Gasteiger charge is -2.49. The number of carbonyl (C=O) groups excluding carboxylic acids is 1. The zero-order valence-corrected chi connectivity index (χ0v) is 19.2. The maximum atomic E-state index is 13.2. The van der Waals surface area contributed by atoms with Gasteiger partial charge in [0.05, 0.1) is 22.5 Å². The van der Waals surface area contributed by atoms with E-state index >= 15 is 0 Å². The lowest BCUT2D eigenvalue weighted by Crippen LogP contribution is -2.42. The SMILES string of the molecule is Cc1ncc(C[n+]2csc(CCOC(=O)C34CC5CC6CC(C3)C6(C5)C4)c2C)c(N)n1. The van der Waals surface area contributed by atoms with E-state index in [0.29, 0.717) is 30.2 Å². The van der Waals surface area contributed by atoms with Gasteiger partial charge in [-0.25, -0.2) is 9.97 Å². The van der Waals surface area contributed by atoms with Crippen molar-refractivity contribution in [2.75, 3.05) is 12.3 Å². The normalized spacial score (nSPS) is 34.6. The zero-order chi connectivity index (χ0) is 21.4. The fraction of sp³-hybridized carbons (Fsp3) is 0.667. The number of rotatable bonds is 6. The summed E-state index contributed by atoms with van der Waals surface area (Å²) in [6.45, 7) is 5.09. The molecule has 164 valence electrons. The largest absolute Gasteiger partial charge is 0.465 e. The quantitative estimate of drug-likeness (QED) is 0.551. The van der Waals surface area contributed by atoms with Gasteiger partial charge in [0, 0.05) is 19.5 Å². The van der Waals surface area contributed by atoms with Crippen molar-refractivity contribution in [1.29, 1.82) is 0 Å². The van der Waals surface area contributed by atoms with Crippen LogP contribution in [0.15, 0.2) is 11.7 Å². The first-order valence-corrected chi connectivity index (χ1v) is 12.5. The van der Waals surface area contributed by atoms with Gasteiger partial charge in [0.1, 0.15) is 11.6 Å². The number of ether oxygens (including phenoxy) is 1. The third-order valence-corrected chi connectivity index (χ3v) is 10.1. The van der Waals surface area contributed by atoms with Gasteiger partial charge in [-0.2, -0.15) is 4.57 Å². The lowest BCUT2D eigenvalue weighted by molar-refractivity contribution is -0.689. The molecule has 2 aromatic heterocycles. The average Bonchev–Trinajstić information content (AvgIpc) is 3.24. The Labute approximate surface area is 187 Å². The summed E-state index contributed by atoms with van der Waals surface area (Å²) in [4.78, 5) is 23.0. The van der Waals surface area contributed by atoms with Crippen LogP contribution in [0.25, 0.3) is 0 Å². The predicted molar refractivity (Wildman–Crippen MR) is 117 cm³/mol. The Balaban J connectivity index is 1.08. The number of nitrogens with zero attached hydrogens (tertiary/aromatic N) is 3. The highest BCUT2D eigenvalue weighted by Gasteiger charge is 2.72. The number of hydrogen-bond donors (Lipinski definition) is 1. The molecule has 7 heteroatoms. The maximum absolute atomic E-state index is 13.2. The fourth-order valence-electron chi connectivity index (χ4n) is 7.65. The van der Waals surface area contributed by atoms with Crippen molar-refractivity contribution in [2.24, 2.45) is 28.6 Å². The molecule has 3 bridgehead atoms. The molecular formula is C24H31N4O2S+. The number of nitrogen functional groups attached to an aromatic ring is 1. The number of anilines is 1. The molecule has 0 radical (unpaired) electrons. The minimum atomic E-state index is -0.161. The number of nitrogens with two attached hydrogens (primary N) is 1. The summed E-state index contributed by atoms with van der Waals surface area (Å²) in [5, 5.41) is 0. The van der Waals surface area contributed by atoms with Crippen LogP contribution < -0.4 is 10.3 Å². The molecule has 5 unspecified atom stereocenters. The van der Waals surface area contributed by atoms with Crippen molar-refractivity contribution in [3.05, 3.63) is 33.7 Å². The Bertz CT molecular complexity index is 1060. The zero-order valence-electron chi connectivity index (χ0n) is 18.4. The molecule has 0 amide bonds. The summed E-state index contributed by atoms with van der Waals surface area (Å²) in [7, 11) is 0. The van der Waals surface area contributed by atoms with Crippen LogP contribution in [-0.4, -0.2) is 22.5 Å². The summed E-state index contributed by atoms with van der Waals surface area (Å²) < 4.78 is 8.11.